The van der Waals surface area contributed by atoms with Gasteiger partial charge >= 0.3 is 0 Å². The van der Waals surface area contributed by atoms with Gasteiger partial charge in [-0.1, -0.05) is 19.3 Å². The van der Waals surface area contributed by atoms with Crippen LogP contribution in [-0.2, 0) is 11.3 Å². The molecule has 1 N–H and O–H groups in total. The van der Waals surface area contributed by atoms with Gasteiger partial charge in [0.2, 0.25) is 5.91 Å². The third-order valence-electron chi connectivity index (χ3n) is 5.53. The molecule has 31 heavy (non-hydrogen) atoms. The number of carbonyl (C=O) groups is 1. The normalized spacial score (nSPS) is 14.5. The molecule has 1 aliphatic carbocycles. The molecule has 0 unspecified atom stereocenters. The summed E-state index contributed by atoms with van der Waals surface area (Å²) in [5.74, 6) is 0.957. The number of amides is 1. The number of nitrogens with zero attached hydrogens (tertiary/aromatic N) is 3. The molecule has 0 atom stereocenters. The van der Waals surface area contributed by atoms with Crippen molar-refractivity contribution >= 4 is 27.5 Å². The number of fused-ring (bicyclic) bond motifs is 1. The van der Waals surface area contributed by atoms with Gasteiger partial charge in [0.25, 0.3) is 5.56 Å². The molecule has 1 amide bonds. The second-order valence-electron chi connectivity index (χ2n) is 7.69. The third-order valence-corrected chi connectivity index (χ3v) is 6.51. The van der Waals surface area contributed by atoms with Crippen molar-refractivity contribution in [1.82, 2.24) is 20.1 Å². The number of aryl methyl sites for hydroxylation is 1. The second-order valence-corrected chi connectivity index (χ2v) is 8.90. The zero-order valence-electron chi connectivity index (χ0n) is 17.9. The Labute approximate surface area is 184 Å². The van der Waals surface area contributed by atoms with Crippen molar-refractivity contribution in [3.05, 3.63) is 33.6 Å². The molecule has 2 heterocycles. The van der Waals surface area contributed by atoms with Gasteiger partial charge in [-0.25, -0.2) is 9.67 Å². The number of hydrogen-bond acceptors (Lipinski definition) is 7. The fourth-order valence-electron chi connectivity index (χ4n) is 4.00. The maximum absolute atomic E-state index is 13.0. The standard InChI is InChI=1S/C22H26N4O4S/c1-13-23-20-21(31-13)19(14-9-10-16(29-2)17(11-14)30-3)25-26(22(20)28)12-18(27)24-15-7-5-4-6-8-15/h9-11,15H,4-8,12H2,1-3H3,(H,24,27). The van der Waals surface area contributed by atoms with Crippen LogP contribution in [0.3, 0.4) is 0 Å². The highest BCUT2D eigenvalue weighted by molar-refractivity contribution is 7.19. The summed E-state index contributed by atoms with van der Waals surface area (Å²) in [5.41, 5.74) is 1.31. The Morgan fingerprint density at radius 1 is 1.19 bits per heavy atom. The fourth-order valence-corrected chi connectivity index (χ4v) is 4.92. The summed E-state index contributed by atoms with van der Waals surface area (Å²) in [7, 11) is 3.14. The van der Waals surface area contributed by atoms with Crippen molar-refractivity contribution in [2.45, 2.75) is 51.6 Å². The number of hydrogen-bond donors (Lipinski definition) is 1. The van der Waals surface area contributed by atoms with Crippen LogP contribution < -0.4 is 20.3 Å². The monoisotopic (exact) mass is 442 g/mol. The highest BCUT2D eigenvalue weighted by Gasteiger charge is 2.21. The van der Waals surface area contributed by atoms with E-state index in [1.165, 1.54) is 22.4 Å². The predicted octanol–water partition coefficient (Wildman–Crippen LogP) is 3.29. The lowest BCUT2D eigenvalue weighted by Crippen LogP contribution is -2.40. The smallest absolute Gasteiger partial charge is 0.294 e. The topological polar surface area (TPSA) is 95.3 Å². The molecule has 1 saturated carbocycles. The van der Waals surface area contributed by atoms with Gasteiger partial charge in [0.15, 0.2) is 17.0 Å². The Morgan fingerprint density at radius 2 is 1.94 bits per heavy atom. The van der Waals surface area contributed by atoms with Crippen LogP contribution in [0.2, 0.25) is 0 Å². The van der Waals surface area contributed by atoms with Crippen molar-refractivity contribution in [2.75, 3.05) is 14.2 Å². The van der Waals surface area contributed by atoms with Gasteiger partial charge in [-0.05, 0) is 38.0 Å². The van der Waals surface area contributed by atoms with Crippen molar-refractivity contribution in [2.24, 2.45) is 0 Å². The van der Waals surface area contributed by atoms with Gasteiger partial charge in [-0.15, -0.1) is 11.3 Å². The van der Waals surface area contributed by atoms with Crippen molar-refractivity contribution in [3.8, 4) is 22.8 Å². The van der Waals surface area contributed by atoms with E-state index in [-0.39, 0.29) is 24.1 Å². The SMILES string of the molecule is COc1ccc(-c2nn(CC(=O)NC3CCCCC3)c(=O)c3nc(C)sc23)cc1OC. The lowest BCUT2D eigenvalue weighted by Gasteiger charge is -2.22. The van der Waals surface area contributed by atoms with Crippen LogP contribution >= 0.6 is 11.3 Å². The largest absolute Gasteiger partial charge is 0.493 e. The summed E-state index contributed by atoms with van der Waals surface area (Å²) in [6.45, 7) is 1.71. The molecule has 164 valence electrons. The molecule has 1 aliphatic rings. The van der Waals surface area contributed by atoms with E-state index in [2.05, 4.69) is 15.4 Å². The number of nitrogens with one attached hydrogen (secondary N) is 1. The first kappa shape index (κ1) is 21.3. The van der Waals surface area contributed by atoms with Crippen LogP contribution in [0.4, 0.5) is 0 Å². The number of rotatable bonds is 6. The number of methoxy groups -OCH3 is 2. The highest BCUT2D eigenvalue weighted by Crippen LogP contribution is 2.35. The Kier molecular flexibility index (Phi) is 6.22. The van der Waals surface area contributed by atoms with E-state index in [0.29, 0.717) is 27.4 Å². The molecule has 8 nitrogen and oxygen atoms in total. The number of carbonyl (C=O) groups excluding carboxylic acids is 1. The van der Waals surface area contributed by atoms with Gasteiger partial charge in [0, 0.05) is 11.6 Å². The highest BCUT2D eigenvalue weighted by atomic mass is 32.1. The minimum absolute atomic E-state index is 0.137. The summed E-state index contributed by atoms with van der Waals surface area (Å²) >= 11 is 1.41. The first-order valence-electron chi connectivity index (χ1n) is 10.4. The molecule has 0 saturated heterocycles. The average molecular weight is 443 g/mol. The molecule has 9 heteroatoms. The van der Waals surface area contributed by atoms with Crippen LogP contribution in [-0.4, -0.2) is 40.9 Å². The second kappa shape index (κ2) is 9.05. The summed E-state index contributed by atoms with van der Waals surface area (Å²) in [4.78, 5) is 30.1. The van der Waals surface area contributed by atoms with Crippen molar-refractivity contribution < 1.29 is 14.3 Å². The Hall–Kier alpha value is -2.94. The van der Waals surface area contributed by atoms with E-state index < -0.39 is 0 Å². The Balaban J connectivity index is 1.73. The first-order chi connectivity index (χ1) is 15.0. The third kappa shape index (κ3) is 4.41. The maximum Gasteiger partial charge on any atom is 0.294 e. The van der Waals surface area contributed by atoms with E-state index in [4.69, 9.17) is 9.47 Å². The van der Waals surface area contributed by atoms with Gasteiger partial charge in [0.1, 0.15) is 12.2 Å². The molecule has 1 fully saturated rings. The van der Waals surface area contributed by atoms with Crippen molar-refractivity contribution in [3.63, 3.8) is 0 Å². The van der Waals surface area contributed by atoms with E-state index in [9.17, 15) is 9.59 Å². The lowest BCUT2D eigenvalue weighted by atomic mass is 9.95. The fraction of sp³-hybridized carbons (Fsp3) is 0.455. The summed E-state index contributed by atoms with van der Waals surface area (Å²) in [5, 5.41) is 8.38. The molecule has 0 spiro atoms. The van der Waals surface area contributed by atoms with Gasteiger partial charge < -0.3 is 14.8 Å². The van der Waals surface area contributed by atoms with Crippen LogP contribution in [0.5, 0.6) is 11.5 Å². The number of aromatic nitrogens is 3. The molecule has 4 rings (SSSR count). The van der Waals surface area contributed by atoms with E-state index in [1.54, 1.807) is 20.3 Å². The molecule has 0 aliphatic heterocycles. The average Bonchev–Trinajstić information content (AvgIpc) is 3.17. The van der Waals surface area contributed by atoms with E-state index in [0.717, 1.165) is 36.3 Å². The molecule has 1 aromatic carbocycles. The van der Waals surface area contributed by atoms with E-state index >= 15 is 0 Å². The molecular formula is C22H26N4O4S. The minimum Gasteiger partial charge on any atom is -0.493 e. The number of benzene rings is 1. The summed E-state index contributed by atoms with van der Waals surface area (Å²) in [6, 6.07) is 5.63. The Morgan fingerprint density at radius 3 is 2.65 bits per heavy atom. The van der Waals surface area contributed by atoms with Gasteiger partial charge in [-0.2, -0.15) is 5.10 Å². The predicted molar refractivity (Wildman–Crippen MR) is 120 cm³/mol. The number of thiazole rings is 1. The minimum atomic E-state index is -0.359. The van der Waals surface area contributed by atoms with E-state index in [1.807, 2.05) is 19.1 Å². The molecule has 3 aromatic rings. The van der Waals surface area contributed by atoms with Crippen LogP contribution in [0, 0.1) is 6.92 Å². The zero-order chi connectivity index (χ0) is 22.0. The molecule has 2 aromatic heterocycles. The molecule has 0 radical (unpaired) electrons. The molecule has 0 bridgehead atoms. The van der Waals surface area contributed by atoms with Crippen molar-refractivity contribution in [1.29, 1.82) is 0 Å². The van der Waals surface area contributed by atoms with Crippen LogP contribution in [0.1, 0.15) is 37.1 Å². The van der Waals surface area contributed by atoms with Crippen LogP contribution in [0.25, 0.3) is 21.5 Å². The molecular weight excluding hydrogens is 416 g/mol. The zero-order valence-corrected chi connectivity index (χ0v) is 18.8. The van der Waals surface area contributed by atoms with Gasteiger partial charge in [-0.3, -0.25) is 9.59 Å². The summed E-state index contributed by atoms with van der Waals surface area (Å²) in [6.07, 6.45) is 5.42. The Bertz CT molecular complexity index is 1160. The van der Waals surface area contributed by atoms with Crippen LogP contribution in [0.15, 0.2) is 23.0 Å². The lowest BCUT2D eigenvalue weighted by molar-refractivity contribution is -0.122. The quantitative estimate of drug-likeness (QED) is 0.629. The summed E-state index contributed by atoms with van der Waals surface area (Å²) < 4.78 is 12.7. The first-order valence-corrected chi connectivity index (χ1v) is 11.2. The number of ether oxygens (including phenoxy) is 2. The van der Waals surface area contributed by atoms with Gasteiger partial charge in [0.05, 0.1) is 23.9 Å². The maximum atomic E-state index is 13.0.